The van der Waals surface area contributed by atoms with Gasteiger partial charge in [-0.1, -0.05) is 23.7 Å². The maximum Gasteiger partial charge on any atom is 0.358 e. The van der Waals surface area contributed by atoms with Crippen molar-refractivity contribution in [1.29, 1.82) is 0 Å². The largest absolute Gasteiger partial charge is 0.497 e. The molecule has 0 saturated heterocycles. The van der Waals surface area contributed by atoms with Crippen LogP contribution in [0.4, 0.5) is 0 Å². The highest BCUT2D eigenvalue weighted by molar-refractivity contribution is 6.32. The lowest BCUT2D eigenvalue weighted by Crippen LogP contribution is -2.07. The summed E-state index contributed by atoms with van der Waals surface area (Å²) < 4.78 is 11.9. The van der Waals surface area contributed by atoms with Gasteiger partial charge in [0.2, 0.25) is 0 Å². The molecule has 0 atom stereocenters. The van der Waals surface area contributed by atoms with Crippen LogP contribution in [0.15, 0.2) is 54.6 Å². The number of nitrogens with zero attached hydrogens (tertiary/aromatic N) is 2. The molecule has 1 aromatic heterocycles. The normalized spacial score (nSPS) is 10.5. The van der Waals surface area contributed by atoms with E-state index in [4.69, 9.17) is 21.1 Å². The Morgan fingerprint density at radius 3 is 2.52 bits per heavy atom. The molecule has 1 heterocycles. The second kappa shape index (κ2) is 7.40. The van der Waals surface area contributed by atoms with Crippen molar-refractivity contribution in [3.05, 3.63) is 65.3 Å². The summed E-state index contributed by atoms with van der Waals surface area (Å²) in [5.74, 6) is 0.279. The Morgan fingerprint density at radius 1 is 1.16 bits per heavy atom. The first-order chi connectivity index (χ1) is 12.1. The zero-order chi connectivity index (χ0) is 17.8. The van der Waals surface area contributed by atoms with Crippen LogP contribution in [0, 0.1) is 0 Å². The van der Waals surface area contributed by atoms with Gasteiger partial charge in [-0.25, -0.2) is 9.48 Å². The van der Waals surface area contributed by atoms with Gasteiger partial charge in [0, 0.05) is 5.56 Å². The molecule has 0 aliphatic carbocycles. The second-order valence-corrected chi connectivity index (χ2v) is 5.63. The number of carbonyl (C=O) groups is 1. The number of ether oxygens (including phenoxy) is 2. The van der Waals surface area contributed by atoms with E-state index in [1.165, 1.54) is 0 Å². The molecular weight excluding hydrogens is 340 g/mol. The lowest BCUT2D eigenvalue weighted by Gasteiger charge is -2.09. The van der Waals surface area contributed by atoms with Crippen LogP contribution in [-0.4, -0.2) is 29.5 Å². The molecular formula is C19H17ClN2O3. The van der Waals surface area contributed by atoms with Gasteiger partial charge in [-0.2, -0.15) is 5.10 Å². The van der Waals surface area contributed by atoms with Crippen molar-refractivity contribution in [3.8, 4) is 22.7 Å². The van der Waals surface area contributed by atoms with E-state index in [1.54, 1.807) is 30.8 Å². The number of esters is 1. The van der Waals surface area contributed by atoms with E-state index < -0.39 is 5.97 Å². The molecule has 0 aliphatic rings. The number of para-hydroxylation sites is 1. The number of carbonyl (C=O) groups excluding carboxylic acids is 1. The SMILES string of the molecule is CCOC(=O)c1cc(-c2ccc(OC)cc2)n(-c2ccccc2Cl)n1. The summed E-state index contributed by atoms with van der Waals surface area (Å²) in [4.78, 5) is 12.1. The van der Waals surface area contributed by atoms with Gasteiger partial charge in [0.15, 0.2) is 5.69 Å². The van der Waals surface area contributed by atoms with E-state index in [0.29, 0.717) is 10.7 Å². The van der Waals surface area contributed by atoms with Crippen LogP contribution in [0.1, 0.15) is 17.4 Å². The Balaban J connectivity index is 2.14. The molecule has 3 rings (SSSR count). The zero-order valence-electron chi connectivity index (χ0n) is 13.9. The van der Waals surface area contributed by atoms with Crippen LogP contribution < -0.4 is 4.74 Å². The van der Waals surface area contributed by atoms with Crippen molar-refractivity contribution in [2.45, 2.75) is 6.92 Å². The third-order valence-electron chi connectivity index (χ3n) is 3.66. The smallest absolute Gasteiger partial charge is 0.358 e. The first kappa shape index (κ1) is 17.0. The van der Waals surface area contributed by atoms with E-state index in [-0.39, 0.29) is 12.3 Å². The third kappa shape index (κ3) is 3.51. The summed E-state index contributed by atoms with van der Waals surface area (Å²) in [6, 6.07) is 16.5. The Bertz CT molecular complexity index is 888. The van der Waals surface area contributed by atoms with Gasteiger partial charge in [0.25, 0.3) is 0 Å². The number of hydrogen-bond donors (Lipinski definition) is 0. The maximum atomic E-state index is 12.1. The van der Waals surface area contributed by atoms with Crippen LogP contribution in [0.25, 0.3) is 16.9 Å². The minimum absolute atomic E-state index is 0.229. The Hall–Kier alpha value is -2.79. The number of methoxy groups -OCH3 is 1. The first-order valence-corrected chi connectivity index (χ1v) is 8.18. The molecule has 0 amide bonds. The molecule has 0 spiro atoms. The zero-order valence-corrected chi connectivity index (χ0v) is 14.7. The lowest BCUT2D eigenvalue weighted by molar-refractivity contribution is 0.0519. The molecule has 0 saturated carbocycles. The number of halogens is 1. The predicted octanol–water partition coefficient (Wildman–Crippen LogP) is 4.38. The number of rotatable bonds is 5. The quantitative estimate of drug-likeness (QED) is 0.637. The molecule has 128 valence electrons. The van der Waals surface area contributed by atoms with Crippen molar-refractivity contribution < 1.29 is 14.3 Å². The standard InChI is InChI=1S/C19H17ClN2O3/c1-3-25-19(23)16-12-18(13-8-10-14(24-2)11-9-13)22(21-16)17-7-5-4-6-15(17)20/h4-12H,3H2,1-2H3. The molecule has 0 bridgehead atoms. The van der Waals surface area contributed by atoms with Gasteiger partial charge >= 0.3 is 5.97 Å². The first-order valence-electron chi connectivity index (χ1n) is 7.80. The van der Waals surface area contributed by atoms with Crippen LogP contribution >= 0.6 is 11.6 Å². The topological polar surface area (TPSA) is 53.4 Å². The van der Waals surface area contributed by atoms with Crippen molar-refractivity contribution in [2.24, 2.45) is 0 Å². The summed E-state index contributed by atoms with van der Waals surface area (Å²) >= 11 is 6.32. The highest BCUT2D eigenvalue weighted by atomic mass is 35.5. The van der Waals surface area contributed by atoms with Gasteiger partial charge in [-0.3, -0.25) is 0 Å². The molecule has 5 nitrogen and oxygen atoms in total. The summed E-state index contributed by atoms with van der Waals surface area (Å²) in [5.41, 5.74) is 2.53. The molecule has 3 aromatic rings. The third-order valence-corrected chi connectivity index (χ3v) is 3.98. The molecule has 0 unspecified atom stereocenters. The van der Waals surface area contributed by atoms with Gasteiger partial charge in [-0.05, 0) is 49.4 Å². The number of aromatic nitrogens is 2. The second-order valence-electron chi connectivity index (χ2n) is 5.23. The molecule has 2 aromatic carbocycles. The molecule has 25 heavy (non-hydrogen) atoms. The Labute approximate surface area is 150 Å². The van der Waals surface area contributed by atoms with Crippen molar-refractivity contribution in [3.63, 3.8) is 0 Å². The van der Waals surface area contributed by atoms with Crippen LogP contribution in [0.2, 0.25) is 5.02 Å². The van der Waals surface area contributed by atoms with E-state index in [1.807, 2.05) is 42.5 Å². The predicted molar refractivity (Wildman–Crippen MR) is 96.5 cm³/mol. The van der Waals surface area contributed by atoms with Crippen LogP contribution in [0.3, 0.4) is 0 Å². The van der Waals surface area contributed by atoms with Gasteiger partial charge in [0.05, 0.1) is 30.1 Å². The maximum absolute atomic E-state index is 12.1. The van der Waals surface area contributed by atoms with Gasteiger partial charge in [0.1, 0.15) is 5.75 Å². The minimum Gasteiger partial charge on any atom is -0.497 e. The Morgan fingerprint density at radius 2 is 1.88 bits per heavy atom. The summed E-state index contributed by atoms with van der Waals surface area (Å²) in [6.45, 7) is 2.04. The number of benzene rings is 2. The fourth-order valence-electron chi connectivity index (χ4n) is 2.46. The van der Waals surface area contributed by atoms with Gasteiger partial charge in [-0.15, -0.1) is 0 Å². The van der Waals surface area contributed by atoms with Crippen molar-refractivity contribution in [2.75, 3.05) is 13.7 Å². The fraction of sp³-hybridized carbons (Fsp3) is 0.158. The van der Waals surface area contributed by atoms with E-state index in [2.05, 4.69) is 5.10 Å². The van der Waals surface area contributed by atoms with E-state index >= 15 is 0 Å². The average Bonchev–Trinajstić information content (AvgIpc) is 3.07. The summed E-state index contributed by atoms with van der Waals surface area (Å²) in [5, 5.41) is 4.94. The van der Waals surface area contributed by atoms with Crippen LogP contribution in [-0.2, 0) is 4.74 Å². The molecule has 6 heteroatoms. The summed E-state index contributed by atoms with van der Waals surface area (Å²) in [6.07, 6.45) is 0. The highest BCUT2D eigenvalue weighted by Gasteiger charge is 2.18. The average molecular weight is 357 g/mol. The molecule has 0 N–H and O–H groups in total. The van der Waals surface area contributed by atoms with E-state index in [9.17, 15) is 4.79 Å². The lowest BCUT2D eigenvalue weighted by atomic mass is 10.1. The Kier molecular flexibility index (Phi) is 5.05. The van der Waals surface area contributed by atoms with Crippen molar-refractivity contribution in [1.82, 2.24) is 9.78 Å². The van der Waals surface area contributed by atoms with E-state index in [0.717, 1.165) is 17.0 Å². The minimum atomic E-state index is -0.469. The summed E-state index contributed by atoms with van der Waals surface area (Å²) in [7, 11) is 1.61. The molecule has 0 radical (unpaired) electrons. The van der Waals surface area contributed by atoms with Gasteiger partial charge < -0.3 is 9.47 Å². The highest BCUT2D eigenvalue weighted by Crippen LogP contribution is 2.29. The fourth-order valence-corrected chi connectivity index (χ4v) is 2.68. The molecule has 0 fully saturated rings. The molecule has 0 aliphatic heterocycles. The van der Waals surface area contributed by atoms with Crippen LogP contribution in [0.5, 0.6) is 5.75 Å². The monoisotopic (exact) mass is 356 g/mol. The van der Waals surface area contributed by atoms with Crippen molar-refractivity contribution >= 4 is 17.6 Å². The number of hydrogen-bond acceptors (Lipinski definition) is 4.